The van der Waals surface area contributed by atoms with E-state index in [1.54, 1.807) is 0 Å². The molecule has 0 N–H and O–H groups in total. The van der Waals surface area contributed by atoms with Crippen LogP contribution >= 0.6 is 0 Å². The van der Waals surface area contributed by atoms with Crippen molar-refractivity contribution in [3.63, 3.8) is 0 Å². The molecule has 1 aliphatic rings. The molecule has 0 aromatic heterocycles. The van der Waals surface area contributed by atoms with E-state index >= 15 is 0 Å². The normalized spacial score (nSPS) is 15.3. The van der Waals surface area contributed by atoms with Crippen molar-refractivity contribution in [1.29, 1.82) is 5.26 Å². The maximum absolute atomic E-state index is 8.85. The van der Waals surface area contributed by atoms with Gasteiger partial charge in [0.05, 0.1) is 11.6 Å². The van der Waals surface area contributed by atoms with Crippen LogP contribution in [0.1, 0.15) is 30.9 Å². The lowest BCUT2D eigenvalue weighted by Crippen LogP contribution is -2.19. The second kappa shape index (κ2) is 4.35. The van der Waals surface area contributed by atoms with Gasteiger partial charge < -0.3 is 4.90 Å². The van der Waals surface area contributed by atoms with Crippen LogP contribution in [0.4, 0.5) is 5.69 Å². The van der Waals surface area contributed by atoms with E-state index < -0.39 is 0 Å². The Morgan fingerprint density at radius 1 is 1.33 bits per heavy atom. The molecular formula is C13H16N2. The van der Waals surface area contributed by atoms with Crippen molar-refractivity contribution in [3.8, 4) is 6.07 Å². The van der Waals surface area contributed by atoms with Crippen LogP contribution in [-0.4, -0.2) is 13.1 Å². The molecule has 0 aliphatic carbocycles. The van der Waals surface area contributed by atoms with E-state index in [9.17, 15) is 0 Å². The maximum atomic E-state index is 8.85. The van der Waals surface area contributed by atoms with E-state index in [1.165, 1.54) is 37.2 Å². The van der Waals surface area contributed by atoms with Gasteiger partial charge in [-0.15, -0.1) is 0 Å². The number of nitrogens with zero attached hydrogens (tertiary/aromatic N) is 2. The van der Waals surface area contributed by atoms with Crippen molar-refractivity contribution < 1.29 is 0 Å². The molecule has 2 nitrogen and oxygen atoms in total. The van der Waals surface area contributed by atoms with Gasteiger partial charge in [0.2, 0.25) is 0 Å². The van der Waals surface area contributed by atoms with Crippen molar-refractivity contribution in [1.82, 2.24) is 0 Å². The van der Waals surface area contributed by atoms with E-state index in [0.717, 1.165) is 12.0 Å². The van der Waals surface area contributed by atoms with Gasteiger partial charge in [0.25, 0.3) is 0 Å². The number of rotatable bonds is 2. The third kappa shape index (κ3) is 1.97. The Morgan fingerprint density at radius 2 is 2.07 bits per heavy atom. The summed E-state index contributed by atoms with van der Waals surface area (Å²) in [7, 11) is 0. The molecular weight excluding hydrogens is 184 g/mol. The smallest absolute Gasteiger partial charge is 0.0991 e. The van der Waals surface area contributed by atoms with Crippen molar-refractivity contribution in [2.75, 3.05) is 18.0 Å². The maximum Gasteiger partial charge on any atom is 0.0991 e. The second-order valence-electron chi connectivity index (χ2n) is 4.00. The minimum atomic E-state index is 0.773. The molecule has 1 aromatic rings. The number of anilines is 1. The molecule has 0 saturated carbocycles. The molecule has 0 bridgehead atoms. The molecule has 78 valence electrons. The fourth-order valence-corrected chi connectivity index (χ4v) is 2.20. The van der Waals surface area contributed by atoms with Crippen LogP contribution in [0, 0.1) is 11.3 Å². The summed E-state index contributed by atoms with van der Waals surface area (Å²) in [5, 5.41) is 8.85. The number of benzene rings is 1. The molecule has 2 heteroatoms. The first-order valence-corrected chi connectivity index (χ1v) is 5.63. The quantitative estimate of drug-likeness (QED) is 0.734. The Hall–Kier alpha value is -1.49. The molecule has 1 aliphatic heterocycles. The van der Waals surface area contributed by atoms with E-state index in [0.29, 0.717) is 0 Å². The highest BCUT2D eigenvalue weighted by Gasteiger charge is 2.14. The van der Waals surface area contributed by atoms with Crippen LogP contribution in [0.2, 0.25) is 0 Å². The van der Waals surface area contributed by atoms with Crippen LogP contribution in [0.25, 0.3) is 0 Å². The van der Waals surface area contributed by atoms with Crippen molar-refractivity contribution in [2.45, 2.75) is 26.2 Å². The summed E-state index contributed by atoms with van der Waals surface area (Å²) in [6, 6.07) is 8.25. The fourth-order valence-electron chi connectivity index (χ4n) is 2.20. The minimum absolute atomic E-state index is 0.773. The average molecular weight is 200 g/mol. The summed E-state index contributed by atoms with van der Waals surface area (Å²) in [6.07, 6.45) is 3.59. The molecule has 1 aromatic carbocycles. The van der Waals surface area contributed by atoms with Gasteiger partial charge in [0.15, 0.2) is 0 Å². The monoisotopic (exact) mass is 200 g/mol. The van der Waals surface area contributed by atoms with Gasteiger partial charge >= 0.3 is 0 Å². The van der Waals surface area contributed by atoms with Crippen LogP contribution in [0.3, 0.4) is 0 Å². The van der Waals surface area contributed by atoms with Gasteiger partial charge in [-0.3, -0.25) is 0 Å². The van der Waals surface area contributed by atoms with Crippen LogP contribution in [0.5, 0.6) is 0 Å². The summed E-state index contributed by atoms with van der Waals surface area (Å²) in [5.74, 6) is 0. The van der Waals surface area contributed by atoms with Gasteiger partial charge in [0, 0.05) is 18.8 Å². The Morgan fingerprint density at radius 3 is 2.67 bits per heavy atom. The van der Waals surface area contributed by atoms with E-state index in [-0.39, 0.29) is 0 Å². The number of nitriles is 1. The lowest BCUT2D eigenvalue weighted by Gasteiger charge is -2.21. The zero-order valence-corrected chi connectivity index (χ0v) is 9.16. The summed E-state index contributed by atoms with van der Waals surface area (Å²) in [4.78, 5) is 2.43. The van der Waals surface area contributed by atoms with E-state index in [2.05, 4.69) is 24.0 Å². The molecule has 0 spiro atoms. The zero-order valence-electron chi connectivity index (χ0n) is 9.16. The SMILES string of the molecule is CCc1cc(C#N)ccc1N1CCCC1. The predicted molar refractivity (Wildman–Crippen MR) is 62.0 cm³/mol. The Labute approximate surface area is 91.1 Å². The molecule has 0 amide bonds. The highest BCUT2D eigenvalue weighted by atomic mass is 15.1. The van der Waals surface area contributed by atoms with Gasteiger partial charge in [-0.25, -0.2) is 0 Å². The average Bonchev–Trinajstić information content (AvgIpc) is 2.81. The number of hydrogen-bond donors (Lipinski definition) is 0. The second-order valence-corrected chi connectivity index (χ2v) is 4.00. The van der Waals surface area contributed by atoms with E-state index in [1.807, 2.05) is 12.1 Å². The Balaban J connectivity index is 2.34. The van der Waals surface area contributed by atoms with Gasteiger partial charge in [0.1, 0.15) is 0 Å². The first-order valence-electron chi connectivity index (χ1n) is 5.63. The lowest BCUT2D eigenvalue weighted by atomic mass is 10.1. The van der Waals surface area contributed by atoms with Gasteiger partial charge in [-0.1, -0.05) is 6.92 Å². The molecule has 0 unspecified atom stereocenters. The molecule has 15 heavy (non-hydrogen) atoms. The highest BCUT2D eigenvalue weighted by Crippen LogP contribution is 2.25. The topological polar surface area (TPSA) is 27.0 Å². The highest BCUT2D eigenvalue weighted by molar-refractivity contribution is 5.57. The molecule has 1 saturated heterocycles. The van der Waals surface area contributed by atoms with Crippen LogP contribution in [-0.2, 0) is 6.42 Å². The summed E-state index contributed by atoms with van der Waals surface area (Å²) in [6.45, 7) is 4.48. The summed E-state index contributed by atoms with van der Waals surface area (Å²) >= 11 is 0. The Bertz CT molecular complexity index is 384. The van der Waals surface area contributed by atoms with E-state index in [4.69, 9.17) is 5.26 Å². The fraction of sp³-hybridized carbons (Fsp3) is 0.462. The van der Waals surface area contributed by atoms with Crippen LogP contribution in [0.15, 0.2) is 18.2 Å². The largest absolute Gasteiger partial charge is 0.371 e. The van der Waals surface area contributed by atoms with Crippen molar-refractivity contribution >= 4 is 5.69 Å². The van der Waals surface area contributed by atoms with Crippen molar-refractivity contribution in [3.05, 3.63) is 29.3 Å². The summed E-state index contributed by atoms with van der Waals surface area (Å²) in [5.41, 5.74) is 3.40. The Kier molecular flexibility index (Phi) is 2.91. The summed E-state index contributed by atoms with van der Waals surface area (Å²) < 4.78 is 0. The first kappa shape index (κ1) is 10.0. The zero-order chi connectivity index (χ0) is 10.7. The molecule has 0 radical (unpaired) electrons. The predicted octanol–water partition coefficient (Wildman–Crippen LogP) is 2.72. The molecule has 1 heterocycles. The third-order valence-electron chi connectivity index (χ3n) is 3.04. The number of aryl methyl sites for hydroxylation is 1. The number of hydrogen-bond acceptors (Lipinski definition) is 2. The third-order valence-corrected chi connectivity index (χ3v) is 3.04. The molecule has 0 atom stereocenters. The van der Waals surface area contributed by atoms with Gasteiger partial charge in [-0.05, 0) is 43.0 Å². The molecule has 1 fully saturated rings. The van der Waals surface area contributed by atoms with Crippen molar-refractivity contribution in [2.24, 2.45) is 0 Å². The molecule has 2 rings (SSSR count). The minimum Gasteiger partial charge on any atom is -0.371 e. The van der Waals surface area contributed by atoms with Crippen LogP contribution < -0.4 is 4.90 Å². The first-order chi connectivity index (χ1) is 7.35. The lowest BCUT2D eigenvalue weighted by molar-refractivity contribution is 0.948. The van der Waals surface area contributed by atoms with Gasteiger partial charge in [-0.2, -0.15) is 5.26 Å². The standard InChI is InChI=1S/C13H16N2/c1-2-12-9-11(10-14)5-6-13(12)15-7-3-4-8-15/h5-6,9H,2-4,7-8H2,1H3.